The Kier molecular flexibility index (Phi) is 12.8. The predicted molar refractivity (Wildman–Crippen MR) is 219 cm³/mol. The van der Waals surface area contributed by atoms with Crippen molar-refractivity contribution in [1.29, 1.82) is 0 Å². The molecule has 1 atom stereocenters. The Bertz CT molecular complexity index is 2080. The lowest BCUT2D eigenvalue weighted by molar-refractivity contribution is -0.116. The first kappa shape index (κ1) is 37.7. The number of phenolic OH excluding ortho intramolecular Hbond substituents is 1. The fourth-order valence-electron chi connectivity index (χ4n) is 6.32. The largest absolute Gasteiger partial charge is 0.506 e. The number of hydrogen-bond donors (Lipinski definition) is 6. The summed E-state index contributed by atoms with van der Waals surface area (Å²) < 4.78 is 7.58. The Morgan fingerprint density at radius 3 is 2.38 bits per heavy atom. The second kappa shape index (κ2) is 17.7. The Balaban J connectivity index is 0.927. The molecule has 5 aromatic rings. The van der Waals surface area contributed by atoms with Crippen molar-refractivity contribution in [3.63, 3.8) is 0 Å². The average molecular weight is 928 g/mol. The molecule has 11 nitrogen and oxygen atoms in total. The number of aromatic amines is 1. The normalized spacial score (nSPS) is 14.2. The molecule has 2 heterocycles. The first-order valence-corrected chi connectivity index (χ1v) is 19.2. The quantitative estimate of drug-likeness (QED) is 0.0734. The van der Waals surface area contributed by atoms with Crippen LogP contribution in [0, 0.1) is 7.14 Å². The van der Waals surface area contributed by atoms with Gasteiger partial charge in [0.2, 0.25) is 11.5 Å². The van der Waals surface area contributed by atoms with Crippen molar-refractivity contribution in [3.05, 3.63) is 120 Å². The average Bonchev–Trinajstić information content (AvgIpc) is 3.13. The molecule has 1 saturated heterocycles. The number of phenols is 1. The number of benzene rings is 4. The van der Waals surface area contributed by atoms with E-state index in [0.717, 1.165) is 42.6 Å². The smallest absolute Gasteiger partial charge is 0.411 e. The molecule has 1 aromatic heterocycles. The molecule has 1 aliphatic rings. The molecular weight excluding hydrogens is 888 g/mol. The zero-order valence-corrected chi connectivity index (χ0v) is 32.5. The molecule has 0 aliphatic carbocycles. The fraction of sp³-hybridized carbons (Fsp3) is 0.256. The van der Waals surface area contributed by atoms with Crippen molar-refractivity contribution >= 4 is 79.5 Å². The van der Waals surface area contributed by atoms with Crippen molar-refractivity contribution in [2.45, 2.75) is 38.0 Å². The highest BCUT2D eigenvalue weighted by molar-refractivity contribution is 14.1. The lowest BCUT2D eigenvalue weighted by Crippen LogP contribution is -2.39. The van der Waals surface area contributed by atoms with Gasteiger partial charge in [0.1, 0.15) is 11.9 Å². The number of pyridine rings is 1. The van der Waals surface area contributed by atoms with E-state index in [1.54, 1.807) is 12.1 Å². The summed E-state index contributed by atoms with van der Waals surface area (Å²) in [4.78, 5) is 42.3. The zero-order chi connectivity index (χ0) is 36.6. The molecule has 0 spiro atoms. The number of hydrogen-bond acceptors (Lipinski definition) is 8. The third-order valence-electron chi connectivity index (χ3n) is 9.01. The maximum atomic E-state index is 13.0. The van der Waals surface area contributed by atoms with Crippen LogP contribution in [0.5, 0.6) is 5.75 Å². The summed E-state index contributed by atoms with van der Waals surface area (Å²) in [5.74, 6) is -0.120. The number of anilines is 2. The number of amides is 2. The second-order valence-electron chi connectivity index (χ2n) is 12.6. The molecule has 4 aromatic carbocycles. The molecule has 52 heavy (non-hydrogen) atoms. The number of aliphatic hydroxyl groups is 1. The number of likely N-dealkylation sites (tertiary alicyclic amines) is 1. The van der Waals surface area contributed by atoms with Gasteiger partial charge in [-0.1, -0.05) is 54.6 Å². The summed E-state index contributed by atoms with van der Waals surface area (Å²) in [6, 6.07) is 27.6. The van der Waals surface area contributed by atoms with Crippen LogP contribution in [0.25, 0.3) is 22.0 Å². The van der Waals surface area contributed by atoms with Gasteiger partial charge in [0.05, 0.1) is 23.0 Å². The monoisotopic (exact) mass is 927 g/mol. The van der Waals surface area contributed by atoms with Crippen LogP contribution >= 0.6 is 45.2 Å². The van der Waals surface area contributed by atoms with Crippen LogP contribution in [0.4, 0.5) is 16.2 Å². The van der Waals surface area contributed by atoms with E-state index < -0.39 is 12.2 Å². The number of aromatic nitrogens is 1. The molecule has 13 heteroatoms. The first-order chi connectivity index (χ1) is 25.1. The standard InChI is InChI=1S/C39H39I2N5O6/c40-30-20-24(22-42-23-34(48)28-10-12-33(47)37-29(28)11-13-35(49)44-37)21-31(41)38(30)45-36(50)16-19-46-17-14-26(15-18-46)52-39(51)43-32-9-5-4-8-27(32)25-6-2-1-3-7-25/h1-13,20-21,26,34,42,47-48H,14-19,22-23H2,(H,43,51)(H,44,49)(H,45,50)/t34-/m0/s1. The maximum absolute atomic E-state index is 13.0. The second-order valence-corrected chi connectivity index (χ2v) is 15.0. The summed E-state index contributed by atoms with van der Waals surface area (Å²) in [6.45, 7) is 2.83. The van der Waals surface area contributed by atoms with Gasteiger partial charge >= 0.3 is 6.09 Å². The summed E-state index contributed by atoms with van der Waals surface area (Å²) in [7, 11) is 0. The van der Waals surface area contributed by atoms with Crippen LogP contribution in [0.15, 0.2) is 95.8 Å². The maximum Gasteiger partial charge on any atom is 0.411 e. The van der Waals surface area contributed by atoms with Gasteiger partial charge in [-0.15, -0.1) is 0 Å². The number of fused-ring (bicyclic) bond motifs is 1. The number of rotatable bonds is 12. The number of nitrogens with one attached hydrogen (secondary N) is 4. The highest BCUT2D eigenvalue weighted by Crippen LogP contribution is 2.30. The molecule has 0 radical (unpaired) electrons. The van der Waals surface area contributed by atoms with Gasteiger partial charge in [-0.3, -0.25) is 14.9 Å². The van der Waals surface area contributed by atoms with Crippen LogP contribution in [0.2, 0.25) is 0 Å². The summed E-state index contributed by atoms with van der Waals surface area (Å²) in [6.07, 6.45) is 0.223. The van der Waals surface area contributed by atoms with Crippen LogP contribution < -0.4 is 21.5 Å². The van der Waals surface area contributed by atoms with E-state index in [2.05, 4.69) is 71.0 Å². The third-order valence-corrected chi connectivity index (χ3v) is 10.7. The Morgan fingerprint density at radius 1 is 0.923 bits per heavy atom. The molecular formula is C39H39I2N5O6. The van der Waals surface area contributed by atoms with E-state index in [4.69, 9.17) is 4.74 Å². The number of aromatic hydroxyl groups is 1. The molecule has 6 N–H and O–H groups in total. The van der Waals surface area contributed by atoms with E-state index in [1.807, 2.05) is 66.7 Å². The predicted octanol–water partition coefficient (Wildman–Crippen LogP) is 6.97. The highest BCUT2D eigenvalue weighted by atomic mass is 127. The number of nitrogens with zero attached hydrogens (tertiary/aromatic N) is 1. The minimum absolute atomic E-state index is 0.0525. The molecule has 0 unspecified atom stereocenters. The first-order valence-electron chi connectivity index (χ1n) is 17.0. The number of H-pyrrole nitrogens is 1. The Labute approximate surface area is 328 Å². The topological polar surface area (TPSA) is 156 Å². The number of carbonyl (C=O) groups excluding carboxylic acids is 2. The number of carbonyl (C=O) groups is 2. The van der Waals surface area contributed by atoms with Crippen LogP contribution in [0.3, 0.4) is 0 Å². The van der Waals surface area contributed by atoms with E-state index in [-0.39, 0.29) is 29.9 Å². The third kappa shape index (κ3) is 9.69. The van der Waals surface area contributed by atoms with Crippen molar-refractivity contribution in [2.24, 2.45) is 0 Å². The molecule has 6 rings (SSSR count). The lowest BCUT2D eigenvalue weighted by Gasteiger charge is -2.31. The number of para-hydroxylation sites is 1. The highest BCUT2D eigenvalue weighted by Gasteiger charge is 2.23. The zero-order valence-electron chi connectivity index (χ0n) is 28.2. The van der Waals surface area contributed by atoms with Gasteiger partial charge in [0, 0.05) is 63.3 Å². The molecule has 2 amide bonds. The number of aliphatic hydroxyl groups excluding tert-OH is 1. The molecule has 0 saturated carbocycles. The molecule has 1 fully saturated rings. The van der Waals surface area contributed by atoms with Gasteiger partial charge in [-0.25, -0.2) is 4.79 Å². The number of halogens is 2. The van der Waals surface area contributed by atoms with E-state index in [0.29, 0.717) is 54.5 Å². The fourth-order valence-corrected chi connectivity index (χ4v) is 8.49. The van der Waals surface area contributed by atoms with E-state index in [1.165, 1.54) is 12.1 Å². The van der Waals surface area contributed by atoms with Crippen molar-refractivity contribution in [1.82, 2.24) is 15.2 Å². The minimum Gasteiger partial charge on any atom is -0.506 e. The van der Waals surface area contributed by atoms with Crippen LogP contribution in [-0.4, -0.2) is 64.4 Å². The Hall–Kier alpha value is -4.03. The Morgan fingerprint density at radius 2 is 1.63 bits per heavy atom. The van der Waals surface area contributed by atoms with Crippen molar-refractivity contribution in [3.8, 4) is 16.9 Å². The number of ether oxygens (including phenoxy) is 1. The molecule has 1 aliphatic heterocycles. The van der Waals surface area contributed by atoms with Gasteiger partial charge in [-0.05, 0) is 105 Å². The summed E-state index contributed by atoms with van der Waals surface area (Å²) in [5, 5.41) is 30.9. The van der Waals surface area contributed by atoms with Gasteiger partial charge in [-0.2, -0.15) is 0 Å². The van der Waals surface area contributed by atoms with Gasteiger partial charge in [0.25, 0.3) is 0 Å². The van der Waals surface area contributed by atoms with Gasteiger partial charge in [0.15, 0.2) is 0 Å². The SMILES string of the molecule is O=C(CCN1CCC(OC(=O)Nc2ccccc2-c2ccccc2)CC1)Nc1c(I)cc(CNC[C@H](O)c2ccc(O)c3[nH]c(=O)ccc23)cc1I. The van der Waals surface area contributed by atoms with E-state index in [9.17, 15) is 24.6 Å². The summed E-state index contributed by atoms with van der Waals surface area (Å²) >= 11 is 4.45. The number of piperidine rings is 1. The molecule has 270 valence electrons. The van der Waals surface area contributed by atoms with Crippen molar-refractivity contribution < 1.29 is 24.5 Å². The summed E-state index contributed by atoms with van der Waals surface area (Å²) in [5.41, 5.74) is 4.98. The lowest BCUT2D eigenvalue weighted by atomic mass is 10.0. The van der Waals surface area contributed by atoms with Gasteiger partial charge < -0.3 is 35.5 Å². The minimum atomic E-state index is -0.864. The van der Waals surface area contributed by atoms with Crippen molar-refractivity contribution in [2.75, 3.05) is 36.8 Å². The molecule has 0 bridgehead atoms. The van der Waals surface area contributed by atoms with Crippen LogP contribution in [0.1, 0.15) is 36.5 Å². The van der Waals surface area contributed by atoms with E-state index >= 15 is 0 Å². The van der Waals surface area contributed by atoms with Crippen LogP contribution in [-0.2, 0) is 16.1 Å².